The van der Waals surface area contributed by atoms with Crippen LogP contribution in [0.4, 0.5) is 0 Å². The Bertz CT molecular complexity index is 1100. The molecule has 2 aromatic heterocycles. The van der Waals surface area contributed by atoms with Gasteiger partial charge in [-0.15, -0.1) is 11.3 Å². The van der Waals surface area contributed by atoms with Gasteiger partial charge in [-0.2, -0.15) is 9.40 Å². The Morgan fingerprint density at radius 1 is 1.17 bits per heavy atom. The number of rotatable bonds is 7. The van der Waals surface area contributed by atoms with E-state index in [2.05, 4.69) is 15.5 Å². The van der Waals surface area contributed by atoms with Crippen molar-refractivity contribution in [3.05, 3.63) is 64.7 Å². The summed E-state index contributed by atoms with van der Waals surface area (Å²) in [5.41, 5.74) is 2.51. The lowest BCUT2D eigenvalue weighted by molar-refractivity contribution is 0.0729. The van der Waals surface area contributed by atoms with Gasteiger partial charge in [-0.1, -0.05) is 30.3 Å². The monoisotopic (exact) mass is 446 g/mol. The van der Waals surface area contributed by atoms with Gasteiger partial charge in [-0.05, 0) is 28.6 Å². The average molecular weight is 447 g/mol. The van der Waals surface area contributed by atoms with Gasteiger partial charge in [0.05, 0.1) is 29.5 Å². The molecule has 0 aliphatic carbocycles. The fourth-order valence-corrected chi connectivity index (χ4v) is 5.50. The third kappa shape index (κ3) is 4.78. The van der Waals surface area contributed by atoms with Gasteiger partial charge in [-0.3, -0.25) is 9.89 Å². The van der Waals surface area contributed by atoms with E-state index >= 15 is 0 Å². The van der Waals surface area contributed by atoms with Crippen LogP contribution in [0.3, 0.4) is 0 Å². The van der Waals surface area contributed by atoms with Crippen LogP contribution in [-0.4, -0.2) is 55.1 Å². The number of carbonyl (C=O) groups is 1. The quantitative estimate of drug-likeness (QED) is 0.579. The Morgan fingerprint density at radius 2 is 1.93 bits per heavy atom. The molecular formula is C20H22N4O4S2. The number of H-pyrrole nitrogens is 1. The molecule has 8 nitrogen and oxygen atoms in total. The summed E-state index contributed by atoms with van der Waals surface area (Å²) in [7, 11) is -3.45. The molecule has 1 saturated heterocycles. The number of aromatic nitrogens is 2. The third-order valence-electron chi connectivity index (χ3n) is 4.86. The van der Waals surface area contributed by atoms with Gasteiger partial charge >= 0.3 is 0 Å². The highest BCUT2D eigenvalue weighted by molar-refractivity contribution is 7.88. The van der Waals surface area contributed by atoms with Crippen LogP contribution in [0, 0.1) is 0 Å². The number of amides is 1. The Morgan fingerprint density at radius 3 is 2.67 bits per heavy atom. The number of sulfonamides is 1. The highest BCUT2D eigenvalue weighted by atomic mass is 32.2. The Balaban J connectivity index is 1.42. The summed E-state index contributed by atoms with van der Waals surface area (Å²) in [4.78, 5) is 13.5. The zero-order valence-corrected chi connectivity index (χ0v) is 17.8. The molecule has 4 rings (SSSR count). The van der Waals surface area contributed by atoms with Crippen LogP contribution < -0.4 is 5.32 Å². The largest absolute Gasteiger partial charge is 0.379 e. The molecule has 0 bridgehead atoms. The van der Waals surface area contributed by atoms with Gasteiger partial charge in [0.15, 0.2) is 5.69 Å². The molecule has 3 heterocycles. The molecule has 0 atom stereocenters. The van der Waals surface area contributed by atoms with Crippen LogP contribution in [0.25, 0.3) is 10.6 Å². The summed E-state index contributed by atoms with van der Waals surface area (Å²) in [6.45, 7) is 1.77. The van der Waals surface area contributed by atoms with Gasteiger partial charge in [0.1, 0.15) is 0 Å². The summed E-state index contributed by atoms with van der Waals surface area (Å²) in [5, 5.41) is 11.7. The summed E-state index contributed by atoms with van der Waals surface area (Å²) in [6.07, 6.45) is 0. The topological polar surface area (TPSA) is 104 Å². The van der Waals surface area contributed by atoms with Crippen molar-refractivity contribution in [3.63, 3.8) is 0 Å². The Kier molecular flexibility index (Phi) is 6.28. The van der Waals surface area contributed by atoms with Crippen molar-refractivity contribution in [2.75, 3.05) is 26.3 Å². The van der Waals surface area contributed by atoms with Crippen LogP contribution in [-0.2, 0) is 27.1 Å². The number of morpholine rings is 1. The van der Waals surface area contributed by atoms with Gasteiger partial charge in [0.2, 0.25) is 10.0 Å². The minimum atomic E-state index is -3.45. The molecule has 1 aromatic carbocycles. The van der Waals surface area contributed by atoms with Gasteiger partial charge < -0.3 is 10.1 Å². The maximum Gasteiger partial charge on any atom is 0.272 e. The lowest BCUT2D eigenvalue weighted by Gasteiger charge is -2.26. The van der Waals surface area contributed by atoms with E-state index in [4.69, 9.17) is 4.74 Å². The lowest BCUT2D eigenvalue weighted by atomic mass is 10.1. The number of ether oxygens (including phenoxy) is 1. The molecule has 1 fully saturated rings. The van der Waals surface area contributed by atoms with Gasteiger partial charge in [0.25, 0.3) is 5.91 Å². The highest BCUT2D eigenvalue weighted by Gasteiger charge is 2.25. The van der Waals surface area contributed by atoms with E-state index in [0.717, 1.165) is 16.1 Å². The van der Waals surface area contributed by atoms with E-state index in [0.29, 0.717) is 31.9 Å². The molecule has 1 aliphatic rings. The number of carbonyl (C=O) groups excluding carboxylic acids is 1. The van der Waals surface area contributed by atoms with Crippen LogP contribution in [0.15, 0.2) is 47.8 Å². The number of hydrogen-bond acceptors (Lipinski definition) is 6. The third-order valence-corrected chi connectivity index (χ3v) is 7.59. The number of thiophene rings is 1. The van der Waals surface area contributed by atoms with Crippen LogP contribution in [0.2, 0.25) is 0 Å². The van der Waals surface area contributed by atoms with Crippen LogP contribution in [0.5, 0.6) is 0 Å². The first-order valence-corrected chi connectivity index (χ1v) is 12.0. The first-order valence-electron chi connectivity index (χ1n) is 9.53. The first kappa shape index (κ1) is 20.7. The Hall–Kier alpha value is -2.53. The number of nitrogens with one attached hydrogen (secondary N) is 2. The number of nitrogens with zero attached hydrogens (tertiary/aromatic N) is 2. The molecular weight excluding hydrogens is 424 g/mol. The molecule has 0 unspecified atom stereocenters. The van der Waals surface area contributed by atoms with E-state index in [-0.39, 0.29) is 23.9 Å². The van der Waals surface area contributed by atoms with E-state index in [1.54, 1.807) is 29.5 Å². The van der Waals surface area contributed by atoms with Crippen molar-refractivity contribution < 1.29 is 17.9 Å². The van der Waals surface area contributed by atoms with E-state index < -0.39 is 10.0 Å². The molecule has 1 amide bonds. The first-order chi connectivity index (χ1) is 14.5. The minimum absolute atomic E-state index is 0.107. The van der Waals surface area contributed by atoms with E-state index in [1.165, 1.54) is 4.31 Å². The second kappa shape index (κ2) is 9.09. The molecule has 10 heteroatoms. The second-order valence-electron chi connectivity index (χ2n) is 6.86. The van der Waals surface area contributed by atoms with Crippen molar-refractivity contribution in [2.24, 2.45) is 0 Å². The van der Waals surface area contributed by atoms with E-state index in [9.17, 15) is 13.2 Å². The standard InChI is InChI=1S/C20H22N4O4S2/c25-20(18-12-17(22-23-18)19-6-3-11-29-19)21-13-15-4-1-2-5-16(15)14-30(26,27)24-7-9-28-10-8-24/h1-6,11-12H,7-10,13-14H2,(H,21,25)(H,22,23). The molecule has 1 aliphatic heterocycles. The molecule has 2 N–H and O–H groups in total. The second-order valence-corrected chi connectivity index (χ2v) is 9.78. The SMILES string of the molecule is O=C(NCc1ccccc1CS(=O)(=O)N1CCOCC1)c1cc(-c2cccs2)[nH]n1. The van der Waals surface area contributed by atoms with Crippen molar-refractivity contribution in [1.82, 2.24) is 19.8 Å². The number of hydrogen-bond donors (Lipinski definition) is 2. The number of aromatic amines is 1. The summed E-state index contributed by atoms with van der Waals surface area (Å²) < 4.78 is 32.2. The molecule has 0 radical (unpaired) electrons. The van der Waals surface area contributed by atoms with Crippen molar-refractivity contribution in [3.8, 4) is 10.6 Å². The van der Waals surface area contributed by atoms with Crippen LogP contribution >= 0.6 is 11.3 Å². The van der Waals surface area contributed by atoms with Crippen LogP contribution in [0.1, 0.15) is 21.6 Å². The zero-order valence-electron chi connectivity index (χ0n) is 16.2. The maximum atomic E-state index is 12.8. The minimum Gasteiger partial charge on any atom is -0.379 e. The predicted molar refractivity (Wildman–Crippen MR) is 115 cm³/mol. The molecule has 158 valence electrons. The smallest absolute Gasteiger partial charge is 0.272 e. The van der Waals surface area contributed by atoms with Gasteiger partial charge in [-0.25, -0.2) is 8.42 Å². The molecule has 3 aromatic rings. The zero-order chi connectivity index (χ0) is 21.0. The molecule has 0 saturated carbocycles. The predicted octanol–water partition coefficient (Wildman–Crippen LogP) is 2.23. The molecule has 0 spiro atoms. The van der Waals surface area contributed by atoms with Gasteiger partial charge in [0, 0.05) is 19.6 Å². The Labute approximate surface area is 178 Å². The van der Waals surface area contributed by atoms with Crippen molar-refractivity contribution in [2.45, 2.75) is 12.3 Å². The normalized spacial score (nSPS) is 15.2. The summed E-state index contributed by atoms with van der Waals surface area (Å²) >= 11 is 1.56. The molecule has 30 heavy (non-hydrogen) atoms. The summed E-state index contributed by atoms with van der Waals surface area (Å²) in [5.74, 6) is -0.427. The fourth-order valence-electron chi connectivity index (χ4n) is 3.25. The van der Waals surface area contributed by atoms with Crippen molar-refractivity contribution >= 4 is 27.3 Å². The lowest BCUT2D eigenvalue weighted by Crippen LogP contribution is -2.41. The highest BCUT2D eigenvalue weighted by Crippen LogP contribution is 2.23. The fraction of sp³-hybridized carbons (Fsp3) is 0.300. The van der Waals surface area contributed by atoms with E-state index in [1.807, 2.05) is 29.6 Å². The summed E-state index contributed by atoms with van der Waals surface area (Å²) in [6, 6.07) is 12.8. The average Bonchev–Trinajstić information content (AvgIpc) is 3.45. The van der Waals surface area contributed by atoms with Crippen molar-refractivity contribution in [1.29, 1.82) is 0 Å². The maximum absolute atomic E-state index is 12.8. The number of benzene rings is 1.